The van der Waals surface area contributed by atoms with Crippen molar-refractivity contribution in [1.82, 2.24) is 20.0 Å². The maximum atomic E-state index is 5.45. The molecule has 2 unspecified atom stereocenters. The number of hydrogen-bond donors (Lipinski definition) is 0. The Morgan fingerprint density at radius 2 is 2.12 bits per heavy atom. The van der Waals surface area contributed by atoms with Crippen molar-refractivity contribution in [2.45, 2.75) is 45.2 Å². The van der Waals surface area contributed by atoms with Gasteiger partial charge in [0.1, 0.15) is 5.82 Å². The Kier molecular flexibility index (Phi) is 4.22. The highest BCUT2D eigenvalue weighted by Gasteiger charge is 2.39. The molecule has 2 aromatic heterocycles. The zero-order chi connectivity index (χ0) is 16.5. The highest BCUT2D eigenvalue weighted by molar-refractivity contribution is 5.38. The standard InChI is InChI=1S/C18H25N5O/c1-13(2)18-20-17(24-21-18)12-22-9-6-14-7-10-23(11-15(14)22)16-5-3-4-8-19-16/h3-5,8,13-15H,6-7,9-12H2,1-2H3. The molecule has 0 saturated carbocycles. The molecule has 0 spiro atoms. The van der Waals surface area contributed by atoms with E-state index in [2.05, 4.69) is 50.9 Å². The first-order valence-electron chi connectivity index (χ1n) is 8.93. The van der Waals surface area contributed by atoms with E-state index in [0.717, 1.165) is 49.6 Å². The van der Waals surface area contributed by atoms with Gasteiger partial charge in [0.05, 0.1) is 6.54 Å². The third kappa shape index (κ3) is 3.02. The van der Waals surface area contributed by atoms with Gasteiger partial charge in [-0.1, -0.05) is 25.1 Å². The summed E-state index contributed by atoms with van der Waals surface area (Å²) in [4.78, 5) is 14.0. The smallest absolute Gasteiger partial charge is 0.240 e. The van der Waals surface area contributed by atoms with Crippen molar-refractivity contribution in [3.63, 3.8) is 0 Å². The molecule has 24 heavy (non-hydrogen) atoms. The monoisotopic (exact) mass is 327 g/mol. The van der Waals surface area contributed by atoms with Crippen LogP contribution in [0.1, 0.15) is 44.3 Å². The van der Waals surface area contributed by atoms with Crippen LogP contribution in [0.15, 0.2) is 28.9 Å². The molecule has 2 aliphatic rings. The molecule has 2 atom stereocenters. The molecule has 2 aromatic rings. The summed E-state index contributed by atoms with van der Waals surface area (Å²) in [6.07, 6.45) is 4.38. The summed E-state index contributed by atoms with van der Waals surface area (Å²) in [5.74, 6) is 3.72. The van der Waals surface area contributed by atoms with Crippen LogP contribution in [0.5, 0.6) is 0 Å². The number of hydrogen-bond acceptors (Lipinski definition) is 6. The molecule has 4 rings (SSSR count). The lowest BCUT2D eigenvalue weighted by Gasteiger charge is -2.38. The number of rotatable bonds is 4. The second-order valence-corrected chi connectivity index (χ2v) is 7.21. The van der Waals surface area contributed by atoms with Gasteiger partial charge in [-0.05, 0) is 37.4 Å². The summed E-state index contributed by atoms with van der Waals surface area (Å²) >= 11 is 0. The van der Waals surface area contributed by atoms with Gasteiger partial charge in [0.2, 0.25) is 5.89 Å². The van der Waals surface area contributed by atoms with E-state index in [9.17, 15) is 0 Å². The summed E-state index contributed by atoms with van der Waals surface area (Å²) < 4.78 is 5.45. The molecule has 0 N–H and O–H groups in total. The van der Waals surface area contributed by atoms with Gasteiger partial charge in [0, 0.05) is 31.2 Å². The topological polar surface area (TPSA) is 58.3 Å². The fraction of sp³-hybridized carbons (Fsp3) is 0.611. The molecule has 6 heteroatoms. The van der Waals surface area contributed by atoms with Crippen molar-refractivity contribution >= 4 is 5.82 Å². The van der Waals surface area contributed by atoms with Crippen molar-refractivity contribution in [2.75, 3.05) is 24.5 Å². The lowest BCUT2D eigenvalue weighted by Crippen LogP contribution is -2.48. The fourth-order valence-electron chi connectivity index (χ4n) is 3.91. The average molecular weight is 327 g/mol. The van der Waals surface area contributed by atoms with Crippen LogP contribution >= 0.6 is 0 Å². The van der Waals surface area contributed by atoms with Crippen LogP contribution < -0.4 is 4.90 Å². The van der Waals surface area contributed by atoms with E-state index >= 15 is 0 Å². The Morgan fingerprint density at radius 1 is 1.25 bits per heavy atom. The predicted octanol–water partition coefficient (Wildman–Crippen LogP) is 2.69. The van der Waals surface area contributed by atoms with Crippen molar-refractivity contribution in [2.24, 2.45) is 5.92 Å². The molecule has 4 heterocycles. The van der Waals surface area contributed by atoms with Gasteiger partial charge in [-0.3, -0.25) is 4.90 Å². The van der Waals surface area contributed by atoms with Gasteiger partial charge in [0.15, 0.2) is 5.82 Å². The maximum Gasteiger partial charge on any atom is 0.240 e. The predicted molar refractivity (Wildman–Crippen MR) is 91.8 cm³/mol. The van der Waals surface area contributed by atoms with Crippen LogP contribution in [0, 0.1) is 5.92 Å². The molecule has 6 nitrogen and oxygen atoms in total. The lowest BCUT2D eigenvalue weighted by atomic mass is 9.92. The Labute approximate surface area is 142 Å². The van der Waals surface area contributed by atoms with Crippen LogP contribution in [-0.4, -0.2) is 45.7 Å². The number of anilines is 1. The molecule has 2 aliphatic heterocycles. The molecule has 0 bridgehead atoms. The van der Waals surface area contributed by atoms with Gasteiger partial charge >= 0.3 is 0 Å². The zero-order valence-corrected chi connectivity index (χ0v) is 14.4. The van der Waals surface area contributed by atoms with E-state index < -0.39 is 0 Å². The number of likely N-dealkylation sites (tertiary alicyclic amines) is 1. The Morgan fingerprint density at radius 3 is 2.88 bits per heavy atom. The lowest BCUT2D eigenvalue weighted by molar-refractivity contribution is 0.178. The molecule has 0 aromatic carbocycles. The van der Waals surface area contributed by atoms with Gasteiger partial charge in [-0.15, -0.1) is 0 Å². The van der Waals surface area contributed by atoms with Gasteiger partial charge in [0.25, 0.3) is 0 Å². The van der Waals surface area contributed by atoms with E-state index in [-0.39, 0.29) is 0 Å². The van der Waals surface area contributed by atoms with Gasteiger partial charge < -0.3 is 9.42 Å². The highest BCUT2D eigenvalue weighted by atomic mass is 16.5. The van der Waals surface area contributed by atoms with Crippen LogP contribution in [0.3, 0.4) is 0 Å². The summed E-state index contributed by atoms with van der Waals surface area (Å²) in [6, 6.07) is 6.69. The van der Waals surface area contributed by atoms with E-state index in [1.807, 2.05) is 12.3 Å². The molecular formula is C18H25N5O. The number of fused-ring (bicyclic) bond motifs is 1. The van der Waals surface area contributed by atoms with E-state index in [4.69, 9.17) is 4.52 Å². The van der Waals surface area contributed by atoms with E-state index in [1.165, 1.54) is 12.8 Å². The van der Waals surface area contributed by atoms with Crippen LogP contribution in [0.25, 0.3) is 0 Å². The number of piperidine rings is 1. The van der Waals surface area contributed by atoms with E-state index in [0.29, 0.717) is 12.0 Å². The van der Waals surface area contributed by atoms with Gasteiger partial charge in [-0.25, -0.2) is 4.98 Å². The largest absolute Gasteiger partial charge is 0.355 e. The summed E-state index contributed by atoms with van der Waals surface area (Å²) in [5, 5.41) is 4.09. The van der Waals surface area contributed by atoms with Crippen molar-refractivity contribution < 1.29 is 4.52 Å². The van der Waals surface area contributed by atoms with E-state index in [1.54, 1.807) is 0 Å². The minimum Gasteiger partial charge on any atom is -0.355 e. The van der Waals surface area contributed by atoms with Crippen LogP contribution in [0.2, 0.25) is 0 Å². The quantitative estimate of drug-likeness (QED) is 0.860. The molecule has 0 amide bonds. The second kappa shape index (κ2) is 6.51. The van der Waals surface area contributed by atoms with Crippen molar-refractivity contribution in [1.29, 1.82) is 0 Å². The SMILES string of the molecule is CC(C)c1noc(CN2CCC3CCN(c4ccccn4)CC32)n1. The highest BCUT2D eigenvalue weighted by Crippen LogP contribution is 2.33. The number of nitrogens with zero attached hydrogens (tertiary/aromatic N) is 5. The van der Waals surface area contributed by atoms with Gasteiger partial charge in [-0.2, -0.15) is 4.98 Å². The first-order chi connectivity index (χ1) is 11.7. The normalized spacial score (nSPS) is 24.5. The maximum absolute atomic E-state index is 5.45. The third-order valence-electron chi connectivity index (χ3n) is 5.29. The summed E-state index contributed by atoms with van der Waals surface area (Å²) in [6.45, 7) is 8.19. The molecule has 2 fully saturated rings. The molecule has 2 saturated heterocycles. The van der Waals surface area contributed by atoms with Crippen LogP contribution in [0.4, 0.5) is 5.82 Å². The zero-order valence-electron chi connectivity index (χ0n) is 14.4. The third-order valence-corrected chi connectivity index (χ3v) is 5.29. The van der Waals surface area contributed by atoms with Crippen LogP contribution in [-0.2, 0) is 6.54 Å². The average Bonchev–Trinajstić information content (AvgIpc) is 3.23. The molecule has 0 radical (unpaired) electrons. The number of aromatic nitrogens is 3. The molecular weight excluding hydrogens is 302 g/mol. The molecule has 128 valence electrons. The first kappa shape index (κ1) is 15.6. The second-order valence-electron chi connectivity index (χ2n) is 7.21. The van der Waals surface area contributed by atoms with Crippen molar-refractivity contribution in [3.05, 3.63) is 36.1 Å². The Balaban J connectivity index is 1.45. The Hall–Kier alpha value is -1.95. The number of pyridine rings is 1. The first-order valence-corrected chi connectivity index (χ1v) is 8.93. The Bertz CT molecular complexity index is 671. The fourth-order valence-corrected chi connectivity index (χ4v) is 3.91. The summed E-state index contributed by atoms with van der Waals surface area (Å²) in [5.41, 5.74) is 0. The minimum atomic E-state index is 0.308. The molecule has 0 aliphatic carbocycles. The van der Waals surface area contributed by atoms with Crippen molar-refractivity contribution in [3.8, 4) is 0 Å². The minimum absolute atomic E-state index is 0.308. The summed E-state index contributed by atoms with van der Waals surface area (Å²) in [7, 11) is 0.